The molecule has 0 bridgehead atoms. The molecule has 0 spiro atoms. The SMILES string of the molecule is CCc1ccc(S(=O)(=O)N2C[C@@H](CN)[C@H](c3ccccc3)C2)s1. The van der Waals surface area contributed by atoms with Gasteiger partial charge in [-0.1, -0.05) is 37.3 Å². The number of hydrogen-bond acceptors (Lipinski definition) is 4. The van der Waals surface area contributed by atoms with Crippen LogP contribution in [0.15, 0.2) is 46.7 Å². The van der Waals surface area contributed by atoms with Crippen molar-refractivity contribution in [1.82, 2.24) is 4.31 Å². The number of sulfonamides is 1. The Morgan fingerprint density at radius 2 is 1.91 bits per heavy atom. The fourth-order valence-corrected chi connectivity index (χ4v) is 6.13. The predicted molar refractivity (Wildman–Crippen MR) is 94.2 cm³/mol. The third-order valence-corrected chi connectivity index (χ3v) is 8.05. The van der Waals surface area contributed by atoms with Gasteiger partial charge in [0.1, 0.15) is 4.21 Å². The van der Waals surface area contributed by atoms with E-state index in [4.69, 9.17) is 5.73 Å². The number of rotatable bonds is 5. The molecule has 2 atom stereocenters. The number of nitrogens with zero attached hydrogens (tertiary/aromatic N) is 1. The minimum atomic E-state index is -3.42. The highest BCUT2D eigenvalue weighted by Gasteiger charge is 2.39. The summed E-state index contributed by atoms with van der Waals surface area (Å²) in [5, 5.41) is 0. The van der Waals surface area contributed by atoms with Gasteiger partial charge < -0.3 is 5.73 Å². The molecule has 2 N–H and O–H groups in total. The molecule has 0 amide bonds. The van der Waals surface area contributed by atoms with Crippen LogP contribution in [0.2, 0.25) is 0 Å². The Kier molecular flexibility index (Phi) is 4.87. The van der Waals surface area contributed by atoms with Gasteiger partial charge in [-0.25, -0.2) is 8.42 Å². The monoisotopic (exact) mass is 350 g/mol. The topological polar surface area (TPSA) is 63.4 Å². The Bertz CT molecular complexity index is 756. The first-order chi connectivity index (χ1) is 11.1. The summed E-state index contributed by atoms with van der Waals surface area (Å²) in [6.45, 7) is 3.54. The summed E-state index contributed by atoms with van der Waals surface area (Å²) in [6, 6.07) is 13.7. The Balaban J connectivity index is 1.87. The number of hydrogen-bond donors (Lipinski definition) is 1. The van der Waals surface area contributed by atoms with Crippen molar-refractivity contribution in [3.63, 3.8) is 0 Å². The van der Waals surface area contributed by atoms with Crippen LogP contribution in [-0.2, 0) is 16.4 Å². The molecule has 1 aliphatic rings. The van der Waals surface area contributed by atoms with Gasteiger partial charge in [0.15, 0.2) is 0 Å². The lowest BCUT2D eigenvalue weighted by atomic mass is 9.89. The van der Waals surface area contributed by atoms with Crippen molar-refractivity contribution in [2.75, 3.05) is 19.6 Å². The quantitative estimate of drug-likeness (QED) is 0.902. The second kappa shape index (κ2) is 6.73. The van der Waals surface area contributed by atoms with Crippen LogP contribution in [0.3, 0.4) is 0 Å². The Morgan fingerprint density at radius 3 is 2.52 bits per heavy atom. The number of thiophene rings is 1. The minimum Gasteiger partial charge on any atom is -0.330 e. The molecule has 1 aromatic carbocycles. The zero-order valence-corrected chi connectivity index (χ0v) is 14.8. The summed E-state index contributed by atoms with van der Waals surface area (Å²) in [5.41, 5.74) is 7.08. The van der Waals surface area contributed by atoms with Gasteiger partial charge in [0.05, 0.1) is 0 Å². The van der Waals surface area contributed by atoms with Crippen molar-refractivity contribution in [3.8, 4) is 0 Å². The second-order valence-electron chi connectivity index (χ2n) is 5.91. The smallest absolute Gasteiger partial charge is 0.252 e. The second-order valence-corrected chi connectivity index (χ2v) is 9.24. The maximum atomic E-state index is 12.9. The van der Waals surface area contributed by atoms with Crippen molar-refractivity contribution >= 4 is 21.4 Å². The van der Waals surface area contributed by atoms with Crippen molar-refractivity contribution < 1.29 is 8.42 Å². The van der Waals surface area contributed by atoms with Crippen LogP contribution in [0.1, 0.15) is 23.3 Å². The van der Waals surface area contributed by atoms with Crippen molar-refractivity contribution in [1.29, 1.82) is 0 Å². The number of nitrogens with two attached hydrogens (primary N) is 1. The van der Waals surface area contributed by atoms with Crippen LogP contribution in [-0.4, -0.2) is 32.4 Å². The van der Waals surface area contributed by atoms with E-state index in [1.54, 1.807) is 10.4 Å². The maximum Gasteiger partial charge on any atom is 0.252 e. The molecular formula is C17H22N2O2S2. The van der Waals surface area contributed by atoms with Crippen LogP contribution in [0.4, 0.5) is 0 Å². The summed E-state index contributed by atoms with van der Waals surface area (Å²) >= 11 is 1.37. The fraction of sp³-hybridized carbons (Fsp3) is 0.412. The zero-order valence-electron chi connectivity index (χ0n) is 13.2. The van der Waals surface area contributed by atoms with Gasteiger partial charge in [0, 0.05) is 23.9 Å². The van der Waals surface area contributed by atoms with Crippen LogP contribution in [0, 0.1) is 5.92 Å². The molecule has 23 heavy (non-hydrogen) atoms. The van der Waals surface area contributed by atoms with Crippen LogP contribution in [0.5, 0.6) is 0 Å². The first-order valence-electron chi connectivity index (χ1n) is 7.90. The molecule has 0 aliphatic carbocycles. The third kappa shape index (κ3) is 3.21. The molecule has 1 saturated heterocycles. The molecule has 1 aromatic heterocycles. The Hall–Kier alpha value is -1.21. The van der Waals surface area contributed by atoms with Crippen molar-refractivity contribution in [2.45, 2.75) is 23.5 Å². The molecule has 6 heteroatoms. The lowest BCUT2D eigenvalue weighted by molar-refractivity contribution is 0.460. The van der Waals surface area contributed by atoms with E-state index >= 15 is 0 Å². The first kappa shape index (κ1) is 16.6. The summed E-state index contributed by atoms with van der Waals surface area (Å²) in [7, 11) is -3.42. The summed E-state index contributed by atoms with van der Waals surface area (Å²) < 4.78 is 27.8. The van der Waals surface area contributed by atoms with Gasteiger partial charge in [-0.15, -0.1) is 11.3 Å². The molecule has 2 heterocycles. The Morgan fingerprint density at radius 1 is 1.17 bits per heavy atom. The lowest BCUT2D eigenvalue weighted by Crippen LogP contribution is -2.29. The van der Waals surface area contributed by atoms with Crippen molar-refractivity contribution in [2.24, 2.45) is 11.7 Å². The molecule has 0 saturated carbocycles. The molecule has 3 rings (SSSR count). The van der Waals surface area contributed by atoms with E-state index in [0.717, 1.165) is 11.3 Å². The van der Waals surface area contributed by atoms with E-state index in [-0.39, 0.29) is 11.8 Å². The van der Waals surface area contributed by atoms with Gasteiger partial charge >= 0.3 is 0 Å². The van der Waals surface area contributed by atoms with E-state index < -0.39 is 10.0 Å². The fourth-order valence-electron chi connectivity index (χ4n) is 3.16. The third-order valence-electron chi connectivity index (χ3n) is 4.52. The first-order valence-corrected chi connectivity index (χ1v) is 10.2. The minimum absolute atomic E-state index is 0.165. The molecule has 2 aromatic rings. The average Bonchev–Trinajstić information content (AvgIpc) is 3.23. The van der Waals surface area contributed by atoms with Gasteiger partial charge in [-0.05, 0) is 36.6 Å². The highest BCUT2D eigenvalue weighted by molar-refractivity contribution is 7.91. The van der Waals surface area contributed by atoms with Gasteiger partial charge in [-0.3, -0.25) is 0 Å². The predicted octanol–water partition coefficient (Wildman–Crippen LogP) is 2.67. The lowest BCUT2D eigenvalue weighted by Gasteiger charge is -2.16. The van der Waals surface area contributed by atoms with E-state index in [2.05, 4.69) is 12.1 Å². The molecule has 1 fully saturated rings. The highest BCUT2D eigenvalue weighted by atomic mass is 32.2. The van der Waals surface area contributed by atoms with Crippen LogP contribution >= 0.6 is 11.3 Å². The summed E-state index contributed by atoms with van der Waals surface area (Å²) in [5.74, 6) is 0.333. The zero-order chi connectivity index (χ0) is 16.4. The number of aryl methyl sites for hydroxylation is 1. The summed E-state index contributed by atoms with van der Waals surface area (Å²) in [4.78, 5) is 1.10. The van der Waals surface area contributed by atoms with Crippen molar-refractivity contribution in [3.05, 3.63) is 52.9 Å². The van der Waals surface area contributed by atoms with Gasteiger partial charge in [-0.2, -0.15) is 4.31 Å². The van der Waals surface area contributed by atoms with Gasteiger partial charge in [0.25, 0.3) is 10.0 Å². The molecule has 1 aliphatic heterocycles. The molecule has 4 nitrogen and oxygen atoms in total. The van der Waals surface area contributed by atoms with Crippen LogP contribution in [0.25, 0.3) is 0 Å². The maximum absolute atomic E-state index is 12.9. The van der Waals surface area contributed by atoms with Gasteiger partial charge in [0.2, 0.25) is 0 Å². The van der Waals surface area contributed by atoms with E-state index in [9.17, 15) is 8.42 Å². The Labute approximate surface area is 142 Å². The normalized spacial score (nSPS) is 22.5. The van der Waals surface area contributed by atoms with Crippen LogP contribution < -0.4 is 5.73 Å². The average molecular weight is 351 g/mol. The highest BCUT2D eigenvalue weighted by Crippen LogP contribution is 2.36. The molecule has 124 valence electrons. The molecular weight excluding hydrogens is 328 g/mol. The standard InChI is InChI=1S/C17H22N2O2S2/c1-2-15-8-9-17(22-15)23(20,21)19-11-14(10-18)16(12-19)13-6-4-3-5-7-13/h3-9,14,16H,2,10-12,18H2,1H3/t14-,16+/m1/s1. The number of benzene rings is 1. The van der Waals surface area contributed by atoms with E-state index in [1.165, 1.54) is 16.9 Å². The molecule has 0 unspecified atom stereocenters. The van der Waals surface area contributed by atoms with E-state index in [0.29, 0.717) is 23.8 Å². The molecule has 0 radical (unpaired) electrons. The van der Waals surface area contributed by atoms with E-state index in [1.807, 2.05) is 31.2 Å². The largest absolute Gasteiger partial charge is 0.330 e. The summed E-state index contributed by atoms with van der Waals surface area (Å²) in [6.07, 6.45) is 0.859.